The normalized spacial score (nSPS) is 10.6. The lowest BCUT2D eigenvalue weighted by molar-refractivity contribution is 0.199. The van der Waals surface area contributed by atoms with Crippen LogP contribution in [0, 0.1) is 13.8 Å². The molecule has 1 N–H and O–H groups in total. The highest BCUT2D eigenvalue weighted by Crippen LogP contribution is 2.26. The van der Waals surface area contributed by atoms with Gasteiger partial charge in [-0.25, -0.2) is 0 Å². The van der Waals surface area contributed by atoms with Gasteiger partial charge in [0.15, 0.2) is 0 Å². The lowest BCUT2D eigenvalue weighted by Gasteiger charge is -2.12. The highest BCUT2D eigenvalue weighted by Gasteiger charge is 2.04. The second kappa shape index (κ2) is 7.81. The number of rotatable bonds is 7. The molecule has 112 valence electrons. The Bertz CT molecular complexity index is 581. The molecule has 0 aliphatic heterocycles. The van der Waals surface area contributed by atoms with E-state index in [4.69, 9.17) is 9.47 Å². The summed E-state index contributed by atoms with van der Waals surface area (Å²) in [6, 6.07) is 14.3. The molecule has 0 unspecified atom stereocenters. The van der Waals surface area contributed by atoms with Gasteiger partial charge < -0.3 is 14.8 Å². The summed E-state index contributed by atoms with van der Waals surface area (Å²) in [5, 5.41) is 3.36. The topological polar surface area (TPSA) is 30.5 Å². The summed E-state index contributed by atoms with van der Waals surface area (Å²) in [7, 11) is 1.71. The van der Waals surface area contributed by atoms with Crippen molar-refractivity contribution in [1.82, 2.24) is 5.32 Å². The predicted octanol–water partition coefficient (Wildman–Crippen LogP) is 3.83. The number of ether oxygens (including phenoxy) is 2. The van der Waals surface area contributed by atoms with Crippen LogP contribution in [0.15, 0.2) is 42.5 Å². The molecule has 3 nitrogen and oxygen atoms in total. The number of para-hydroxylation sites is 1. The lowest BCUT2D eigenvalue weighted by atomic mass is 10.1. The predicted molar refractivity (Wildman–Crippen MR) is 86.0 cm³/mol. The summed E-state index contributed by atoms with van der Waals surface area (Å²) in [6.07, 6.45) is 0. The number of hydrogen-bond acceptors (Lipinski definition) is 3. The smallest absolute Gasteiger partial charge is 0.130 e. The number of aryl methyl sites for hydroxylation is 2. The van der Waals surface area contributed by atoms with Crippen molar-refractivity contribution >= 4 is 0 Å². The zero-order chi connectivity index (χ0) is 15.1. The first-order valence-electron chi connectivity index (χ1n) is 7.23. The van der Waals surface area contributed by atoms with E-state index in [1.54, 1.807) is 7.11 Å². The average Bonchev–Trinajstić information content (AvgIpc) is 2.48. The summed E-state index contributed by atoms with van der Waals surface area (Å²) < 4.78 is 11.0. The highest BCUT2D eigenvalue weighted by molar-refractivity contribution is 5.40. The minimum Gasteiger partial charge on any atom is -0.457 e. The fourth-order valence-electron chi connectivity index (χ4n) is 2.13. The van der Waals surface area contributed by atoms with Crippen molar-refractivity contribution in [1.29, 1.82) is 0 Å². The van der Waals surface area contributed by atoms with Crippen LogP contribution in [0.5, 0.6) is 11.5 Å². The molecule has 0 radical (unpaired) electrons. The van der Waals surface area contributed by atoms with Gasteiger partial charge in [-0.05, 0) is 48.7 Å². The van der Waals surface area contributed by atoms with Crippen molar-refractivity contribution in [3.05, 3.63) is 59.2 Å². The fourth-order valence-corrected chi connectivity index (χ4v) is 2.13. The number of methoxy groups -OCH3 is 1. The Morgan fingerprint density at radius 2 is 1.81 bits per heavy atom. The van der Waals surface area contributed by atoms with Gasteiger partial charge in [0.2, 0.25) is 0 Å². The van der Waals surface area contributed by atoms with E-state index in [0.717, 1.165) is 36.8 Å². The first kappa shape index (κ1) is 15.5. The van der Waals surface area contributed by atoms with E-state index in [1.807, 2.05) is 24.3 Å². The molecule has 0 atom stereocenters. The van der Waals surface area contributed by atoms with Crippen LogP contribution in [0.1, 0.15) is 16.7 Å². The van der Waals surface area contributed by atoms with Crippen molar-refractivity contribution in [2.75, 3.05) is 20.3 Å². The molecule has 0 spiro atoms. The van der Waals surface area contributed by atoms with Crippen LogP contribution in [0.2, 0.25) is 0 Å². The van der Waals surface area contributed by atoms with E-state index >= 15 is 0 Å². The molecule has 0 fully saturated rings. The minimum atomic E-state index is 0.730. The second-order valence-electron chi connectivity index (χ2n) is 5.13. The average molecular weight is 285 g/mol. The Labute approximate surface area is 126 Å². The zero-order valence-electron chi connectivity index (χ0n) is 13.0. The molecule has 0 saturated heterocycles. The van der Waals surface area contributed by atoms with Crippen molar-refractivity contribution in [3.8, 4) is 11.5 Å². The maximum Gasteiger partial charge on any atom is 0.130 e. The van der Waals surface area contributed by atoms with Gasteiger partial charge in [-0.15, -0.1) is 0 Å². The molecule has 0 aromatic heterocycles. The minimum absolute atomic E-state index is 0.730. The van der Waals surface area contributed by atoms with Gasteiger partial charge in [0, 0.05) is 20.2 Å². The Morgan fingerprint density at radius 3 is 2.52 bits per heavy atom. The van der Waals surface area contributed by atoms with E-state index < -0.39 is 0 Å². The molecule has 2 rings (SSSR count). The van der Waals surface area contributed by atoms with Crippen LogP contribution in [0.4, 0.5) is 0 Å². The highest BCUT2D eigenvalue weighted by atomic mass is 16.5. The van der Waals surface area contributed by atoms with Crippen LogP contribution in [0.3, 0.4) is 0 Å². The van der Waals surface area contributed by atoms with Crippen LogP contribution in [0.25, 0.3) is 0 Å². The van der Waals surface area contributed by atoms with Gasteiger partial charge in [0.1, 0.15) is 11.5 Å². The second-order valence-corrected chi connectivity index (χ2v) is 5.13. The quantitative estimate of drug-likeness (QED) is 0.784. The third-order valence-electron chi connectivity index (χ3n) is 3.43. The number of benzene rings is 2. The maximum atomic E-state index is 5.95. The van der Waals surface area contributed by atoms with Crippen molar-refractivity contribution in [3.63, 3.8) is 0 Å². The number of hydrogen-bond donors (Lipinski definition) is 1. The molecule has 0 saturated carbocycles. The van der Waals surface area contributed by atoms with Gasteiger partial charge in [0.25, 0.3) is 0 Å². The van der Waals surface area contributed by atoms with Crippen LogP contribution >= 0.6 is 0 Å². The Hall–Kier alpha value is -1.84. The van der Waals surface area contributed by atoms with Crippen molar-refractivity contribution in [2.24, 2.45) is 0 Å². The molecule has 0 aliphatic carbocycles. The first-order chi connectivity index (χ1) is 10.2. The van der Waals surface area contributed by atoms with Crippen LogP contribution in [-0.2, 0) is 11.3 Å². The largest absolute Gasteiger partial charge is 0.457 e. The molecule has 2 aromatic carbocycles. The van der Waals surface area contributed by atoms with Gasteiger partial charge in [-0.2, -0.15) is 0 Å². The molecule has 21 heavy (non-hydrogen) atoms. The maximum absolute atomic E-state index is 5.95. The molecule has 2 aromatic rings. The van der Waals surface area contributed by atoms with Gasteiger partial charge in [0.05, 0.1) is 6.61 Å². The third kappa shape index (κ3) is 4.59. The Balaban J connectivity index is 2.00. The Kier molecular flexibility index (Phi) is 5.78. The van der Waals surface area contributed by atoms with Gasteiger partial charge in [-0.3, -0.25) is 0 Å². The fraction of sp³-hybridized carbons (Fsp3) is 0.333. The summed E-state index contributed by atoms with van der Waals surface area (Å²) in [5.74, 6) is 1.78. The summed E-state index contributed by atoms with van der Waals surface area (Å²) in [6.45, 7) is 6.60. The SMILES string of the molecule is COCCNCc1ccc(Oc2ccccc2C)cc1C. The zero-order valence-corrected chi connectivity index (χ0v) is 13.0. The van der Waals surface area contributed by atoms with Gasteiger partial charge >= 0.3 is 0 Å². The summed E-state index contributed by atoms with van der Waals surface area (Å²) in [5.41, 5.74) is 3.65. The molecule has 3 heteroatoms. The third-order valence-corrected chi connectivity index (χ3v) is 3.43. The molecular weight excluding hydrogens is 262 g/mol. The van der Waals surface area contributed by atoms with E-state index in [9.17, 15) is 0 Å². The van der Waals surface area contributed by atoms with Crippen LogP contribution < -0.4 is 10.1 Å². The van der Waals surface area contributed by atoms with E-state index in [2.05, 4.69) is 37.4 Å². The van der Waals surface area contributed by atoms with Crippen molar-refractivity contribution in [2.45, 2.75) is 20.4 Å². The molecule has 0 bridgehead atoms. The lowest BCUT2D eigenvalue weighted by Crippen LogP contribution is -2.19. The molecule has 0 aliphatic rings. The van der Waals surface area contributed by atoms with Crippen LogP contribution in [-0.4, -0.2) is 20.3 Å². The van der Waals surface area contributed by atoms with E-state index in [-0.39, 0.29) is 0 Å². The number of nitrogens with one attached hydrogen (secondary N) is 1. The Morgan fingerprint density at radius 1 is 1.00 bits per heavy atom. The molecule has 0 amide bonds. The first-order valence-corrected chi connectivity index (χ1v) is 7.23. The molecule has 0 heterocycles. The van der Waals surface area contributed by atoms with E-state index in [1.165, 1.54) is 11.1 Å². The molecular formula is C18H23NO2. The van der Waals surface area contributed by atoms with Crippen molar-refractivity contribution < 1.29 is 9.47 Å². The van der Waals surface area contributed by atoms with Gasteiger partial charge in [-0.1, -0.05) is 24.3 Å². The van der Waals surface area contributed by atoms with E-state index in [0.29, 0.717) is 0 Å². The summed E-state index contributed by atoms with van der Waals surface area (Å²) >= 11 is 0. The monoisotopic (exact) mass is 285 g/mol. The standard InChI is InChI=1S/C18H23NO2/c1-14-6-4-5-7-18(14)21-17-9-8-16(15(2)12-17)13-19-10-11-20-3/h4-9,12,19H,10-11,13H2,1-3H3. The summed E-state index contributed by atoms with van der Waals surface area (Å²) in [4.78, 5) is 0.